The van der Waals surface area contributed by atoms with Gasteiger partial charge in [0.05, 0.1) is 13.2 Å². The minimum absolute atomic E-state index is 0.139. The molecule has 0 aromatic rings. The minimum atomic E-state index is -1.05. The number of carbonyl (C=O) groups is 2. The van der Waals surface area contributed by atoms with Gasteiger partial charge in [-0.1, -0.05) is 0 Å². The van der Waals surface area contributed by atoms with E-state index in [1.807, 2.05) is 0 Å². The molecular weight excluding hydrogens is 224 g/mol. The SMILES string of the molecule is COC(=O)CN(C)C(=O)C1(C#N)CCOCC1. The maximum absolute atomic E-state index is 12.1. The lowest BCUT2D eigenvalue weighted by Crippen LogP contribution is -2.46. The standard InChI is InChI=1S/C11H16N2O4/c1-13(7-9(14)16-2)10(15)11(8-12)3-5-17-6-4-11/h3-7H2,1-2H3. The summed E-state index contributed by atoms with van der Waals surface area (Å²) in [6.07, 6.45) is 0.738. The van der Waals surface area contributed by atoms with Crippen molar-refractivity contribution in [2.24, 2.45) is 5.41 Å². The number of nitriles is 1. The summed E-state index contributed by atoms with van der Waals surface area (Å²) in [5, 5.41) is 9.18. The summed E-state index contributed by atoms with van der Waals surface area (Å²) in [4.78, 5) is 24.5. The Morgan fingerprint density at radius 2 is 2.06 bits per heavy atom. The average Bonchev–Trinajstić information content (AvgIpc) is 2.38. The number of rotatable bonds is 3. The van der Waals surface area contributed by atoms with Gasteiger partial charge in [0.25, 0.3) is 0 Å². The van der Waals surface area contributed by atoms with Crippen molar-refractivity contribution < 1.29 is 19.1 Å². The molecule has 0 aromatic heterocycles. The van der Waals surface area contributed by atoms with Crippen LogP contribution in [0.4, 0.5) is 0 Å². The fourth-order valence-corrected chi connectivity index (χ4v) is 1.79. The molecule has 0 N–H and O–H groups in total. The van der Waals surface area contributed by atoms with Gasteiger partial charge < -0.3 is 14.4 Å². The third kappa shape index (κ3) is 2.94. The second kappa shape index (κ2) is 5.64. The number of hydrogen-bond donors (Lipinski definition) is 0. The van der Waals surface area contributed by atoms with Gasteiger partial charge in [0.2, 0.25) is 5.91 Å². The maximum Gasteiger partial charge on any atom is 0.325 e. The molecule has 0 bridgehead atoms. The van der Waals surface area contributed by atoms with Crippen LogP contribution in [0.2, 0.25) is 0 Å². The molecule has 0 aliphatic carbocycles. The molecule has 0 unspecified atom stereocenters. The summed E-state index contributed by atoms with van der Waals surface area (Å²) in [7, 11) is 2.75. The number of methoxy groups -OCH3 is 1. The van der Waals surface area contributed by atoms with Gasteiger partial charge in [0, 0.05) is 20.3 Å². The Balaban J connectivity index is 2.72. The number of amides is 1. The van der Waals surface area contributed by atoms with E-state index in [0.29, 0.717) is 26.1 Å². The molecule has 6 nitrogen and oxygen atoms in total. The summed E-state index contributed by atoms with van der Waals surface area (Å²) in [5.41, 5.74) is -1.05. The number of hydrogen-bond acceptors (Lipinski definition) is 5. The molecular formula is C11H16N2O4. The van der Waals surface area contributed by atoms with E-state index in [9.17, 15) is 14.9 Å². The first-order chi connectivity index (χ1) is 8.05. The van der Waals surface area contributed by atoms with Crippen LogP contribution in [0.1, 0.15) is 12.8 Å². The van der Waals surface area contributed by atoms with Crippen LogP contribution in [-0.4, -0.2) is 50.7 Å². The molecule has 0 saturated carbocycles. The Hall–Kier alpha value is -1.61. The van der Waals surface area contributed by atoms with Crippen LogP contribution >= 0.6 is 0 Å². The first kappa shape index (κ1) is 13.5. The van der Waals surface area contributed by atoms with E-state index in [2.05, 4.69) is 10.8 Å². The minimum Gasteiger partial charge on any atom is -0.468 e. The van der Waals surface area contributed by atoms with Gasteiger partial charge >= 0.3 is 5.97 Å². The third-order valence-electron chi connectivity index (χ3n) is 2.91. The molecule has 0 spiro atoms. The maximum atomic E-state index is 12.1. The number of ether oxygens (including phenoxy) is 2. The van der Waals surface area contributed by atoms with E-state index >= 15 is 0 Å². The van der Waals surface area contributed by atoms with Gasteiger partial charge in [-0.3, -0.25) is 9.59 Å². The van der Waals surface area contributed by atoms with Crippen molar-refractivity contribution in [1.29, 1.82) is 5.26 Å². The lowest BCUT2D eigenvalue weighted by atomic mass is 9.80. The van der Waals surface area contributed by atoms with Crippen molar-refractivity contribution in [3.8, 4) is 6.07 Å². The predicted octanol–water partition coefficient (Wildman–Crippen LogP) is -0.0618. The van der Waals surface area contributed by atoms with Crippen LogP contribution in [0.15, 0.2) is 0 Å². The summed E-state index contributed by atoms with van der Waals surface area (Å²) >= 11 is 0. The highest BCUT2D eigenvalue weighted by atomic mass is 16.5. The molecule has 94 valence electrons. The molecule has 1 saturated heterocycles. The molecule has 1 fully saturated rings. The fourth-order valence-electron chi connectivity index (χ4n) is 1.79. The summed E-state index contributed by atoms with van der Waals surface area (Å²) < 4.78 is 9.63. The van der Waals surface area contributed by atoms with Gasteiger partial charge in [0.1, 0.15) is 12.0 Å². The van der Waals surface area contributed by atoms with Crippen molar-refractivity contribution >= 4 is 11.9 Å². The number of carbonyl (C=O) groups excluding carboxylic acids is 2. The highest BCUT2D eigenvalue weighted by molar-refractivity contribution is 5.88. The predicted molar refractivity (Wildman–Crippen MR) is 57.8 cm³/mol. The van der Waals surface area contributed by atoms with Crippen LogP contribution in [-0.2, 0) is 19.1 Å². The number of esters is 1. The van der Waals surface area contributed by atoms with Crippen molar-refractivity contribution in [3.05, 3.63) is 0 Å². The van der Waals surface area contributed by atoms with E-state index in [4.69, 9.17) is 4.74 Å². The Morgan fingerprint density at radius 1 is 1.47 bits per heavy atom. The molecule has 1 aliphatic heterocycles. The van der Waals surface area contributed by atoms with Gasteiger partial charge in [0.15, 0.2) is 0 Å². The zero-order valence-electron chi connectivity index (χ0n) is 10.1. The second-order valence-corrected chi connectivity index (χ2v) is 4.04. The monoisotopic (exact) mass is 240 g/mol. The molecule has 0 radical (unpaired) electrons. The normalized spacial score (nSPS) is 17.9. The highest BCUT2D eigenvalue weighted by Crippen LogP contribution is 2.31. The topological polar surface area (TPSA) is 79.6 Å². The van der Waals surface area contributed by atoms with Gasteiger partial charge in [-0.25, -0.2) is 0 Å². The average molecular weight is 240 g/mol. The van der Waals surface area contributed by atoms with E-state index in [1.165, 1.54) is 19.1 Å². The first-order valence-electron chi connectivity index (χ1n) is 5.37. The quantitative estimate of drug-likeness (QED) is 0.645. The largest absolute Gasteiger partial charge is 0.468 e. The summed E-state index contributed by atoms with van der Waals surface area (Å²) in [6.45, 7) is 0.649. The molecule has 6 heteroatoms. The highest BCUT2D eigenvalue weighted by Gasteiger charge is 2.42. The lowest BCUT2D eigenvalue weighted by Gasteiger charge is -2.32. The zero-order valence-corrected chi connectivity index (χ0v) is 10.1. The van der Waals surface area contributed by atoms with E-state index in [1.54, 1.807) is 0 Å². The van der Waals surface area contributed by atoms with E-state index in [-0.39, 0.29) is 12.5 Å². The van der Waals surface area contributed by atoms with Crippen molar-refractivity contribution in [2.75, 3.05) is 33.9 Å². The zero-order chi connectivity index (χ0) is 12.9. The van der Waals surface area contributed by atoms with Crippen molar-refractivity contribution in [2.45, 2.75) is 12.8 Å². The smallest absolute Gasteiger partial charge is 0.325 e. The van der Waals surface area contributed by atoms with Crippen LogP contribution in [0.5, 0.6) is 0 Å². The molecule has 1 amide bonds. The molecule has 17 heavy (non-hydrogen) atoms. The summed E-state index contributed by atoms with van der Waals surface area (Å²) in [5.74, 6) is -0.838. The third-order valence-corrected chi connectivity index (χ3v) is 2.91. The van der Waals surface area contributed by atoms with Crippen molar-refractivity contribution in [3.63, 3.8) is 0 Å². The number of likely N-dealkylation sites (N-methyl/N-ethyl adjacent to an activating group) is 1. The molecule has 1 rings (SSSR count). The Morgan fingerprint density at radius 3 is 2.53 bits per heavy atom. The molecule has 1 heterocycles. The van der Waals surface area contributed by atoms with E-state index in [0.717, 1.165) is 0 Å². The summed E-state index contributed by atoms with van der Waals surface area (Å²) in [6, 6.07) is 2.07. The fraction of sp³-hybridized carbons (Fsp3) is 0.727. The Labute approximate surface area is 100 Å². The molecule has 1 aliphatic rings. The molecule has 0 atom stereocenters. The van der Waals surface area contributed by atoms with Gasteiger partial charge in [-0.2, -0.15) is 5.26 Å². The Kier molecular flexibility index (Phi) is 4.46. The van der Waals surface area contributed by atoms with Crippen LogP contribution in [0.25, 0.3) is 0 Å². The first-order valence-corrected chi connectivity index (χ1v) is 5.37. The van der Waals surface area contributed by atoms with Crippen LogP contribution < -0.4 is 0 Å². The van der Waals surface area contributed by atoms with Crippen molar-refractivity contribution in [1.82, 2.24) is 4.90 Å². The lowest BCUT2D eigenvalue weighted by molar-refractivity contribution is -0.150. The second-order valence-electron chi connectivity index (χ2n) is 4.04. The number of nitrogens with zero attached hydrogens (tertiary/aromatic N) is 2. The van der Waals surface area contributed by atoms with Gasteiger partial charge in [-0.05, 0) is 12.8 Å². The molecule has 0 aromatic carbocycles. The van der Waals surface area contributed by atoms with E-state index < -0.39 is 11.4 Å². The van der Waals surface area contributed by atoms with Crippen LogP contribution in [0.3, 0.4) is 0 Å². The van der Waals surface area contributed by atoms with Gasteiger partial charge in [-0.15, -0.1) is 0 Å². The Bertz CT molecular complexity index is 342. The van der Waals surface area contributed by atoms with Crippen LogP contribution in [0, 0.1) is 16.7 Å².